The number of nitrogens with zero attached hydrogens (tertiary/aromatic N) is 1. The fraction of sp³-hybridized carbons (Fsp3) is 0.250. The van der Waals surface area contributed by atoms with Crippen LogP contribution in [0.2, 0.25) is 0 Å². The van der Waals surface area contributed by atoms with E-state index in [9.17, 15) is 0 Å². The molecule has 98 valence electrons. The van der Waals surface area contributed by atoms with Crippen molar-refractivity contribution in [3.63, 3.8) is 0 Å². The highest BCUT2D eigenvalue weighted by molar-refractivity contribution is 9.10. The Morgan fingerprint density at radius 3 is 2.68 bits per heavy atom. The van der Waals surface area contributed by atoms with Crippen LogP contribution in [0.1, 0.15) is 12.5 Å². The van der Waals surface area contributed by atoms with Gasteiger partial charge >= 0.3 is 0 Å². The van der Waals surface area contributed by atoms with E-state index in [1.165, 1.54) is 22.6 Å². The summed E-state index contributed by atoms with van der Waals surface area (Å²) in [5.74, 6) is 0. The highest BCUT2D eigenvalue weighted by atomic mass is 79.9. The van der Waals surface area contributed by atoms with Crippen molar-refractivity contribution >= 4 is 33.0 Å². The molecule has 0 unspecified atom stereocenters. The molecule has 0 saturated heterocycles. The predicted octanol–water partition coefficient (Wildman–Crippen LogP) is 4.58. The maximum Gasteiger partial charge on any atom is 0.0658 e. The molecule has 19 heavy (non-hydrogen) atoms. The fourth-order valence-electron chi connectivity index (χ4n) is 2.48. The number of hydrogen-bond acceptors (Lipinski definition) is 2. The molecule has 0 fully saturated rings. The van der Waals surface area contributed by atoms with Crippen LogP contribution < -0.4 is 10.2 Å². The van der Waals surface area contributed by atoms with Crippen molar-refractivity contribution in [3.8, 4) is 0 Å². The molecule has 1 aliphatic rings. The van der Waals surface area contributed by atoms with Gasteiger partial charge in [-0.1, -0.05) is 35.0 Å². The molecule has 0 radical (unpaired) electrons. The number of nitrogens with one attached hydrogen (secondary N) is 1. The first kappa shape index (κ1) is 12.5. The number of rotatable bonds is 2. The first-order valence-corrected chi connectivity index (χ1v) is 7.47. The van der Waals surface area contributed by atoms with Gasteiger partial charge < -0.3 is 10.2 Å². The smallest absolute Gasteiger partial charge is 0.0658 e. The number of halogens is 1. The SMILES string of the molecule is CCc1ccc(N2CCNc3ccc(Br)cc32)cc1. The van der Waals surface area contributed by atoms with Gasteiger partial charge in [-0.2, -0.15) is 0 Å². The summed E-state index contributed by atoms with van der Waals surface area (Å²) in [6.45, 7) is 4.16. The fourth-order valence-corrected chi connectivity index (χ4v) is 2.83. The van der Waals surface area contributed by atoms with Crippen molar-refractivity contribution in [2.24, 2.45) is 0 Å². The maximum absolute atomic E-state index is 3.56. The Morgan fingerprint density at radius 2 is 1.95 bits per heavy atom. The third-order valence-electron chi connectivity index (χ3n) is 3.56. The average Bonchev–Trinajstić information content (AvgIpc) is 2.47. The van der Waals surface area contributed by atoms with Gasteiger partial charge in [0, 0.05) is 23.2 Å². The van der Waals surface area contributed by atoms with Crippen LogP contribution in [0.4, 0.5) is 17.1 Å². The molecule has 0 saturated carbocycles. The summed E-state index contributed by atoms with van der Waals surface area (Å²) in [6, 6.07) is 15.3. The third kappa shape index (κ3) is 2.47. The zero-order valence-electron chi connectivity index (χ0n) is 11.0. The lowest BCUT2D eigenvalue weighted by Crippen LogP contribution is -2.30. The number of anilines is 3. The van der Waals surface area contributed by atoms with Crippen LogP contribution in [0.5, 0.6) is 0 Å². The van der Waals surface area contributed by atoms with Crippen LogP contribution >= 0.6 is 15.9 Å². The second-order valence-corrected chi connectivity index (χ2v) is 5.68. The Balaban J connectivity index is 2.00. The Hall–Kier alpha value is -1.48. The molecule has 0 bridgehead atoms. The van der Waals surface area contributed by atoms with Crippen LogP contribution in [0.3, 0.4) is 0 Å². The van der Waals surface area contributed by atoms with E-state index in [1.54, 1.807) is 0 Å². The summed E-state index contributed by atoms with van der Waals surface area (Å²) < 4.78 is 1.12. The van der Waals surface area contributed by atoms with E-state index in [-0.39, 0.29) is 0 Å². The lowest BCUT2D eigenvalue weighted by molar-refractivity contribution is 0.925. The van der Waals surface area contributed by atoms with Gasteiger partial charge in [0.15, 0.2) is 0 Å². The second kappa shape index (κ2) is 5.25. The average molecular weight is 317 g/mol. The summed E-state index contributed by atoms with van der Waals surface area (Å²) in [7, 11) is 0. The van der Waals surface area contributed by atoms with Gasteiger partial charge in [0.05, 0.1) is 11.4 Å². The molecule has 1 aliphatic heterocycles. The van der Waals surface area contributed by atoms with E-state index in [0.29, 0.717) is 0 Å². The van der Waals surface area contributed by atoms with Crippen molar-refractivity contribution in [3.05, 3.63) is 52.5 Å². The molecule has 2 nitrogen and oxygen atoms in total. The molecule has 1 heterocycles. The summed E-state index contributed by atoms with van der Waals surface area (Å²) in [6.07, 6.45) is 1.09. The largest absolute Gasteiger partial charge is 0.382 e. The van der Waals surface area contributed by atoms with Gasteiger partial charge in [0.2, 0.25) is 0 Å². The third-order valence-corrected chi connectivity index (χ3v) is 4.05. The van der Waals surface area contributed by atoms with Crippen LogP contribution in [-0.4, -0.2) is 13.1 Å². The first-order chi connectivity index (χ1) is 9.28. The lowest BCUT2D eigenvalue weighted by atomic mass is 10.1. The van der Waals surface area contributed by atoms with Crippen LogP contribution in [0, 0.1) is 0 Å². The monoisotopic (exact) mass is 316 g/mol. The second-order valence-electron chi connectivity index (χ2n) is 4.76. The number of aryl methyl sites for hydroxylation is 1. The van der Waals surface area contributed by atoms with Crippen molar-refractivity contribution < 1.29 is 0 Å². The van der Waals surface area contributed by atoms with Crippen molar-refractivity contribution in [2.75, 3.05) is 23.3 Å². The molecule has 3 heteroatoms. The molecular formula is C16H17BrN2. The number of hydrogen-bond donors (Lipinski definition) is 1. The quantitative estimate of drug-likeness (QED) is 0.872. The van der Waals surface area contributed by atoms with Gasteiger partial charge in [-0.3, -0.25) is 0 Å². The minimum absolute atomic E-state index is 0.976. The molecular weight excluding hydrogens is 300 g/mol. The van der Waals surface area contributed by atoms with Crippen molar-refractivity contribution in [2.45, 2.75) is 13.3 Å². The van der Waals surface area contributed by atoms with E-state index in [0.717, 1.165) is 24.0 Å². The zero-order valence-corrected chi connectivity index (χ0v) is 12.6. The number of benzene rings is 2. The molecule has 0 spiro atoms. The highest BCUT2D eigenvalue weighted by Gasteiger charge is 2.17. The normalized spacial score (nSPS) is 13.9. The Kier molecular flexibility index (Phi) is 3.47. The van der Waals surface area contributed by atoms with Crippen LogP contribution in [0.15, 0.2) is 46.9 Å². The molecule has 0 atom stereocenters. The van der Waals surface area contributed by atoms with Gasteiger partial charge in [0.25, 0.3) is 0 Å². The van der Waals surface area contributed by atoms with Gasteiger partial charge in [-0.25, -0.2) is 0 Å². The summed E-state index contributed by atoms with van der Waals surface area (Å²) >= 11 is 3.56. The highest BCUT2D eigenvalue weighted by Crippen LogP contribution is 2.36. The minimum Gasteiger partial charge on any atom is -0.382 e. The first-order valence-electron chi connectivity index (χ1n) is 6.68. The minimum atomic E-state index is 0.976. The van der Waals surface area contributed by atoms with E-state index in [1.807, 2.05) is 0 Å². The Morgan fingerprint density at radius 1 is 1.16 bits per heavy atom. The van der Waals surface area contributed by atoms with E-state index < -0.39 is 0 Å². The van der Waals surface area contributed by atoms with Gasteiger partial charge in [-0.05, 0) is 42.3 Å². The molecule has 2 aromatic carbocycles. The molecule has 3 rings (SSSR count). The molecule has 2 aromatic rings. The standard InChI is InChI=1S/C16H17BrN2/c1-2-12-3-6-14(7-4-12)19-10-9-18-15-8-5-13(17)11-16(15)19/h3-8,11,18H,2,9-10H2,1H3. The lowest BCUT2D eigenvalue weighted by Gasteiger charge is -2.32. The topological polar surface area (TPSA) is 15.3 Å². The van der Waals surface area contributed by atoms with E-state index >= 15 is 0 Å². The predicted molar refractivity (Wildman–Crippen MR) is 85.5 cm³/mol. The molecule has 1 N–H and O–H groups in total. The molecule has 0 amide bonds. The summed E-state index contributed by atoms with van der Waals surface area (Å²) in [5, 5.41) is 3.45. The summed E-state index contributed by atoms with van der Waals surface area (Å²) in [4.78, 5) is 2.37. The zero-order chi connectivity index (χ0) is 13.2. The van der Waals surface area contributed by atoms with Crippen LogP contribution in [0.25, 0.3) is 0 Å². The molecule has 0 aliphatic carbocycles. The maximum atomic E-state index is 3.56. The van der Waals surface area contributed by atoms with Crippen molar-refractivity contribution in [1.29, 1.82) is 0 Å². The van der Waals surface area contributed by atoms with E-state index in [2.05, 4.69) is 75.5 Å². The Bertz CT molecular complexity index is 578. The molecule has 0 aromatic heterocycles. The summed E-state index contributed by atoms with van der Waals surface area (Å²) in [5.41, 5.74) is 5.09. The number of fused-ring (bicyclic) bond motifs is 1. The van der Waals surface area contributed by atoms with Crippen molar-refractivity contribution in [1.82, 2.24) is 0 Å². The Labute approximate surface area is 122 Å². The van der Waals surface area contributed by atoms with Gasteiger partial charge in [-0.15, -0.1) is 0 Å². The van der Waals surface area contributed by atoms with Crippen LogP contribution in [-0.2, 0) is 6.42 Å². The van der Waals surface area contributed by atoms with E-state index in [4.69, 9.17) is 0 Å². The van der Waals surface area contributed by atoms with Gasteiger partial charge in [0.1, 0.15) is 0 Å².